The molecule has 1 saturated heterocycles. The minimum atomic E-state index is -0.254. The van der Waals surface area contributed by atoms with E-state index in [-0.39, 0.29) is 33.8 Å². The summed E-state index contributed by atoms with van der Waals surface area (Å²) in [5.74, 6) is -0.0155. The van der Waals surface area contributed by atoms with Gasteiger partial charge in [-0.3, -0.25) is 14.5 Å². The Morgan fingerprint density at radius 2 is 2.12 bits per heavy atom. The smallest absolute Gasteiger partial charge is 0.273 e. The Hall–Kier alpha value is -0.780. The monoisotopic (exact) mass is 276 g/mol. The van der Waals surface area contributed by atoms with E-state index in [0.29, 0.717) is 5.56 Å². The molecule has 1 fully saturated rings. The molecule has 1 aliphatic heterocycles. The van der Waals surface area contributed by atoms with Gasteiger partial charge in [-0.05, 0) is 6.07 Å². The second kappa shape index (κ2) is 4.61. The average Bonchev–Trinajstić information content (AvgIpc) is 2.53. The van der Waals surface area contributed by atoms with Crippen LogP contribution in [0.25, 0.3) is 0 Å². The van der Waals surface area contributed by atoms with Crippen LogP contribution in [0.3, 0.4) is 0 Å². The summed E-state index contributed by atoms with van der Waals surface area (Å²) in [6, 6.07) is 3.22. The number of thioether (sulfide) groups is 1. The summed E-state index contributed by atoms with van der Waals surface area (Å²) >= 11 is 12.5. The highest BCUT2D eigenvalue weighted by Crippen LogP contribution is 2.24. The minimum Gasteiger partial charge on any atom is -0.273 e. The van der Waals surface area contributed by atoms with E-state index in [4.69, 9.17) is 23.2 Å². The summed E-state index contributed by atoms with van der Waals surface area (Å²) in [4.78, 5) is 27.7. The molecule has 7 heteroatoms. The van der Waals surface area contributed by atoms with Crippen LogP contribution < -0.4 is 0 Å². The maximum absolute atomic E-state index is 11.4. The van der Waals surface area contributed by atoms with Crippen molar-refractivity contribution in [3.8, 4) is 0 Å². The molecule has 2 heterocycles. The van der Waals surface area contributed by atoms with Crippen molar-refractivity contribution in [2.45, 2.75) is 6.54 Å². The third kappa shape index (κ3) is 2.31. The maximum Gasteiger partial charge on any atom is 0.289 e. The van der Waals surface area contributed by atoms with Crippen LogP contribution in [0.15, 0.2) is 12.1 Å². The molecule has 0 bridgehead atoms. The van der Waals surface area contributed by atoms with Crippen LogP contribution in [0.5, 0.6) is 0 Å². The molecule has 1 aromatic rings. The quantitative estimate of drug-likeness (QED) is 0.780. The Morgan fingerprint density at radius 1 is 1.38 bits per heavy atom. The second-order valence-corrected chi connectivity index (χ2v) is 4.79. The lowest BCUT2D eigenvalue weighted by Crippen LogP contribution is -2.28. The van der Waals surface area contributed by atoms with Gasteiger partial charge >= 0.3 is 0 Å². The molecule has 2 amide bonds. The van der Waals surface area contributed by atoms with Crippen LogP contribution in [-0.4, -0.2) is 26.8 Å². The molecule has 0 aromatic carbocycles. The van der Waals surface area contributed by atoms with Gasteiger partial charge < -0.3 is 0 Å². The molecule has 4 nitrogen and oxygen atoms in total. The standard InChI is InChI=1S/C9H6Cl2N2O2S/c10-6-2-1-5(8(11)12-6)3-13-7(14)4-16-9(13)15/h1-2H,3-4H2. The van der Waals surface area contributed by atoms with E-state index in [1.165, 1.54) is 0 Å². The molecule has 16 heavy (non-hydrogen) atoms. The molecule has 0 spiro atoms. The zero-order valence-corrected chi connectivity index (χ0v) is 10.3. The number of amides is 2. The first kappa shape index (κ1) is 11.7. The van der Waals surface area contributed by atoms with Gasteiger partial charge in [0.15, 0.2) is 0 Å². The van der Waals surface area contributed by atoms with Crippen LogP contribution in [0.2, 0.25) is 10.3 Å². The number of imide groups is 1. The highest BCUT2D eigenvalue weighted by Gasteiger charge is 2.30. The maximum atomic E-state index is 11.4. The zero-order chi connectivity index (χ0) is 11.7. The molecule has 0 saturated carbocycles. The van der Waals surface area contributed by atoms with Gasteiger partial charge in [-0.1, -0.05) is 41.0 Å². The predicted molar refractivity (Wildman–Crippen MR) is 62.7 cm³/mol. The Labute approximate surface area is 106 Å². The number of nitrogens with zero attached hydrogens (tertiary/aromatic N) is 2. The van der Waals surface area contributed by atoms with Crippen molar-refractivity contribution in [1.29, 1.82) is 0 Å². The number of hydrogen-bond donors (Lipinski definition) is 0. The first-order valence-corrected chi connectivity index (χ1v) is 6.10. The van der Waals surface area contributed by atoms with E-state index in [0.717, 1.165) is 16.7 Å². The summed E-state index contributed by atoms with van der Waals surface area (Å²) in [6.45, 7) is 0.146. The van der Waals surface area contributed by atoms with Crippen molar-refractivity contribution >= 4 is 46.1 Å². The fourth-order valence-corrected chi connectivity index (χ4v) is 2.39. The number of hydrogen-bond acceptors (Lipinski definition) is 4. The van der Waals surface area contributed by atoms with Crippen LogP contribution in [0.1, 0.15) is 5.56 Å². The molecule has 0 aliphatic carbocycles. The fraction of sp³-hybridized carbons (Fsp3) is 0.222. The number of pyridine rings is 1. The summed E-state index contributed by atoms with van der Waals surface area (Å²) in [7, 11) is 0. The molecule has 0 unspecified atom stereocenters. The highest BCUT2D eigenvalue weighted by molar-refractivity contribution is 8.14. The Kier molecular flexibility index (Phi) is 3.37. The first-order valence-electron chi connectivity index (χ1n) is 4.36. The van der Waals surface area contributed by atoms with Gasteiger partial charge in [0.05, 0.1) is 12.3 Å². The number of carbonyl (C=O) groups excluding carboxylic acids is 2. The molecule has 1 aliphatic rings. The van der Waals surface area contributed by atoms with Gasteiger partial charge in [0.25, 0.3) is 5.24 Å². The van der Waals surface area contributed by atoms with Crippen molar-refractivity contribution in [1.82, 2.24) is 9.88 Å². The number of aromatic nitrogens is 1. The zero-order valence-electron chi connectivity index (χ0n) is 7.94. The first-order chi connectivity index (χ1) is 7.58. The molecular weight excluding hydrogens is 271 g/mol. The molecule has 0 radical (unpaired) electrons. The topological polar surface area (TPSA) is 50.3 Å². The second-order valence-electron chi connectivity index (χ2n) is 3.12. The minimum absolute atomic E-state index is 0.146. The predicted octanol–water partition coefficient (Wildman–Crippen LogP) is 2.58. The lowest BCUT2D eigenvalue weighted by molar-refractivity contribution is -0.125. The van der Waals surface area contributed by atoms with Crippen molar-refractivity contribution in [2.75, 3.05) is 5.75 Å². The van der Waals surface area contributed by atoms with Crippen molar-refractivity contribution in [3.63, 3.8) is 0 Å². The molecular formula is C9H6Cl2N2O2S. The number of halogens is 2. The van der Waals surface area contributed by atoms with Crippen LogP contribution >= 0.6 is 35.0 Å². The Balaban J connectivity index is 2.20. The van der Waals surface area contributed by atoms with E-state index < -0.39 is 0 Å². The van der Waals surface area contributed by atoms with Crippen molar-refractivity contribution in [3.05, 3.63) is 28.0 Å². The summed E-state index contributed by atoms with van der Waals surface area (Å²) in [6.07, 6.45) is 0. The average molecular weight is 277 g/mol. The van der Waals surface area contributed by atoms with E-state index in [2.05, 4.69) is 4.98 Å². The van der Waals surface area contributed by atoms with E-state index in [1.54, 1.807) is 12.1 Å². The molecule has 1 aromatic heterocycles. The van der Waals surface area contributed by atoms with Crippen molar-refractivity contribution in [2.24, 2.45) is 0 Å². The molecule has 2 rings (SSSR count). The SMILES string of the molecule is O=C1CSC(=O)N1Cc1ccc(Cl)nc1Cl. The largest absolute Gasteiger partial charge is 0.289 e. The lowest BCUT2D eigenvalue weighted by Gasteiger charge is -2.13. The van der Waals surface area contributed by atoms with Gasteiger partial charge in [0.2, 0.25) is 5.91 Å². The van der Waals surface area contributed by atoms with Gasteiger partial charge in [0, 0.05) is 5.56 Å². The highest BCUT2D eigenvalue weighted by atomic mass is 35.5. The number of carbonyl (C=O) groups is 2. The van der Waals surface area contributed by atoms with Crippen LogP contribution in [0.4, 0.5) is 4.79 Å². The Morgan fingerprint density at radius 3 is 2.69 bits per heavy atom. The van der Waals surface area contributed by atoms with Gasteiger partial charge in [-0.25, -0.2) is 4.98 Å². The number of rotatable bonds is 2. The third-order valence-corrected chi connectivity index (χ3v) is 3.46. The van der Waals surface area contributed by atoms with Gasteiger partial charge in [-0.2, -0.15) is 0 Å². The van der Waals surface area contributed by atoms with Gasteiger partial charge in [-0.15, -0.1) is 0 Å². The van der Waals surface area contributed by atoms with Crippen LogP contribution in [-0.2, 0) is 11.3 Å². The molecule has 84 valence electrons. The normalized spacial score (nSPS) is 16.0. The Bertz CT molecular complexity index is 451. The van der Waals surface area contributed by atoms with Crippen LogP contribution in [0, 0.1) is 0 Å². The van der Waals surface area contributed by atoms with Gasteiger partial charge in [0.1, 0.15) is 10.3 Å². The summed E-state index contributed by atoms with van der Waals surface area (Å²) < 4.78 is 0. The summed E-state index contributed by atoms with van der Waals surface area (Å²) in [5, 5.41) is 0.239. The fourth-order valence-electron chi connectivity index (χ4n) is 1.26. The lowest BCUT2D eigenvalue weighted by atomic mass is 10.2. The third-order valence-electron chi connectivity index (χ3n) is 2.06. The molecule has 0 atom stereocenters. The van der Waals surface area contributed by atoms with Crippen molar-refractivity contribution < 1.29 is 9.59 Å². The molecule has 0 N–H and O–H groups in total. The van der Waals surface area contributed by atoms with E-state index in [9.17, 15) is 9.59 Å². The summed E-state index contributed by atoms with van der Waals surface area (Å²) in [5.41, 5.74) is 0.607. The van der Waals surface area contributed by atoms with E-state index in [1.807, 2.05) is 0 Å². The van der Waals surface area contributed by atoms with E-state index >= 15 is 0 Å².